The highest BCUT2D eigenvalue weighted by Crippen LogP contribution is 2.20. The van der Waals surface area contributed by atoms with Gasteiger partial charge in [0.1, 0.15) is 6.61 Å². The predicted octanol–water partition coefficient (Wildman–Crippen LogP) is 29.7. The normalized spacial score (nSPS) is 12.7. The lowest BCUT2D eigenvalue weighted by atomic mass is 10.0. The molecule has 1 N–H and O–H groups in total. The van der Waals surface area contributed by atoms with Crippen LogP contribution in [0.3, 0.4) is 0 Å². The minimum atomic E-state index is -0.774. The Hall–Kier alpha value is -3.18. The van der Waals surface area contributed by atoms with Crippen LogP contribution < -0.4 is 0 Å². The van der Waals surface area contributed by atoms with E-state index < -0.39 is 6.10 Å². The molecule has 0 heterocycles. The number of carbonyl (C=O) groups excluding carboxylic acids is 2. The fourth-order valence-electron chi connectivity index (χ4n) is 12.7. The highest BCUT2D eigenvalue weighted by Gasteiger charge is 2.16. The Bertz CT molecular complexity index is 1730. The van der Waals surface area contributed by atoms with E-state index in [1.54, 1.807) is 0 Å². The molecule has 0 aliphatic carbocycles. The van der Waals surface area contributed by atoms with E-state index in [0.29, 0.717) is 12.8 Å². The largest absolute Gasteiger partial charge is 0.462 e. The third-order valence-corrected chi connectivity index (χ3v) is 18.9. The van der Waals surface area contributed by atoms with Crippen LogP contribution >= 0.6 is 0 Å². The highest BCUT2D eigenvalue weighted by atomic mass is 16.6. The molecule has 0 saturated carbocycles. The van der Waals surface area contributed by atoms with Crippen LogP contribution in [-0.4, -0.2) is 36.4 Å². The fourth-order valence-corrected chi connectivity index (χ4v) is 12.7. The van der Waals surface area contributed by atoms with Crippen molar-refractivity contribution in [1.82, 2.24) is 0 Å². The summed E-state index contributed by atoms with van der Waals surface area (Å²) in [6.07, 6.45) is 121. The minimum Gasteiger partial charge on any atom is -0.462 e. The average molecular weight is 1310 g/mol. The van der Waals surface area contributed by atoms with Crippen LogP contribution in [0.2, 0.25) is 0 Å². The van der Waals surface area contributed by atoms with Crippen molar-refractivity contribution in [3.05, 3.63) is 97.2 Å². The number of rotatable bonds is 78. The van der Waals surface area contributed by atoms with Gasteiger partial charge in [-0.2, -0.15) is 0 Å². The van der Waals surface area contributed by atoms with Crippen molar-refractivity contribution in [2.75, 3.05) is 13.2 Å². The van der Waals surface area contributed by atoms with Crippen molar-refractivity contribution in [3.8, 4) is 0 Å². The Morgan fingerprint density at radius 3 is 0.691 bits per heavy atom. The lowest BCUT2D eigenvalue weighted by Gasteiger charge is -2.15. The van der Waals surface area contributed by atoms with E-state index in [4.69, 9.17) is 9.47 Å². The van der Waals surface area contributed by atoms with Gasteiger partial charge in [0.05, 0.1) is 6.61 Å². The van der Waals surface area contributed by atoms with Crippen LogP contribution in [-0.2, 0) is 19.1 Å². The zero-order valence-electron chi connectivity index (χ0n) is 63.0. The summed E-state index contributed by atoms with van der Waals surface area (Å²) < 4.78 is 10.8. The zero-order valence-corrected chi connectivity index (χ0v) is 63.0. The van der Waals surface area contributed by atoms with E-state index in [1.807, 2.05) is 0 Å². The van der Waals surface area contributed by atoms with Crippen LogP contribution in [0.15, 0.2) is 97.2 Å². The predicted molar refractivity (Wildman–Crippen MR) is 417 cm³/mol. The van der Waals surface area contributed by atoms with Crippen LogP contribution in [0.1, 0.15) is 438 Å². The maximum Gasteiger partial charge on any atom is 0.306 e. The highest BCUT2D eigenvalue weighted by molar-refractivity contribution is 5.70. The van der Waals surface area contributed by atoms with E-state index in [0.717, 1.165) is 83.5 Å². The van der Waals surface area contributed by atoms with E-state index in [2.05, 4.69) is 111 Å². The first kappa shape index (κ1) is 90.8. The molecule has 0 aromatic heterocycles. The van der Waals surface area contributed by atoms with Gasteiger partial charge in [-0.1, -0.05) is 426 Å². The van der Waals surface area contributed by atoms with Crippen molar-refractivity contribution in [2.45, 2.75) is 444 Å². The first-order valence-corrected chi connectivity index (χ1v) is 41.8. The molecule has 94 heavy (non-hydrogen) atoms. The molecule has 5 heteroatoms. The summed E-state index contributed by atoms with van der Waals surface area (Å²) in [6, 6.07) is 0. The quantitative estimate of drug-likeness (QED) is 0.0373. The molecule has 546 valence electrons. The molecule has 0 amide bonds. The number of aliphatic hydroxyl groups is 1. The van der Waals surface area contributed by atoms with Crippen LogP contribution in [0.4, 0.5) is 0 Å². The summed E-state index contributed by atoms with van der Waals surface area (Å²) in [5, 5.41) is 9.74. The van der Waals surface area contributed by atoms with E-state index in [-0.39, 0.29) is 25.2 Å². The standard InChI is InChI=1S/C89H160O5/c1-3-5-7-9-11-13-15-17-19-21-23-25-27-29-31-33-35-37-39-41-43-44-46-47-49-51-53-55-57-59-61-63-65-67-69-71-73-75-77-79-81-83-88(91)93-86-87(85-90)94-89(92)84-82-80-78-76-74-72-70-68-66-64-62-60-58-56-54-52-50-48-45-42-40-38-36-34-32-30-28-26-24-22-20-18-16-14-12-10-8-6-4-2/h6,8,12,14-15,17-18,20-21,23-24,26,30,32,36,38,87,90H,3-5,7,9-11,13,16,19,22,25,27-29,31,33-35,37,39-86H2,1-2H3/b8-6-,14-12-,17-15-,20-18-,23-21-,26-24-,32-30-,38-36-. The number of ether oxygens (including phenoxy) is 2. The maximum absolute atomic E-state index is 12.4. The number of carbonyl (C=O) groups is 2. The monoisotopic (exact) mass is 1310 g/mol. The van der Waals surface area contributed by atoms with Crippen LogP contribution in [0, 0.1) is 0 Å². The van der Waals surface area contributed by atoms with Crippen molar-refractivity contribution in [3.63, 3.8) is 0 Å². The van der Waals surface area contributed by atoms with Crippen molar-refractivity contribution >= 4 is 11.9 Å². The molecular weight excluding hydrogens is 1150 g/mol. The molecule has 1 atom stereocenters. The van der Waals surface area contributed by atoms with Gasteiger partial charge in [-0.3, -0.25) is 9.59 Å². The van der Waals surface area contributed by atoms with Crippen molar-refractivity contribution in [1.29, 1.82) is 0 Å². The topological polar surface area (TPSA) is 72.8 Å². The van der Waals surface area contributed by atoms with E-state index in [1.165, 1.54) is 327 Å². The van der Waals surface area contributed by atoms with Gasteiger partial charge in [-0.25, -0.2) is 0 Å². The van der Waals surface area contributed by atoms with Gasteiger partial charge in [0, 0.05) is 12.8 Å². The molecule has 0 aromatic rings. The Morgan fingerprint density at radius 2 is 0.457 bits per heavy atom. The zero-order chi connectivity index (χ0) is 67.5. The molecular formula is C89H160O5. The number of aliphatic hydroxyl groups excluding tert-OH is 1. The number of allylic oxidation sites excluding steroid dienone is 16. The SMILES string of the molecule is CC/C=C\C/C=C\C/C=C\C/C=C\C/C=C\C/C=C\CCCCCCCCCCCCCCCCCCCCCCC(=O)OC(CO)COC(=O)CCCCCCCCCCCCCCCCCCCCCCCCCCCCCCC/C=C\C/C=C\CCCCCCC. The summed E-state index contributed by atoms with van der Waals surface area (Å²) in [4.78, 5) is 24.7. The molecule has 0 fully saturated rings. The van der Waals surface area contributed by atoms with Crippen LogP contribution in [0.25, 0.3) is 0 Å². The first-order chi connectivity index (χ1) is 46.6. The summed E-state index contributed by atoms with van der Waals surface area (Å²) in [6.45, 7) is 4.07. The lowest BCUT2D eigenvalue weighted by Crippen LogP contribution is -2.28. The average Bonchev–Trinajstić information content (AvgIpc) is 3.65. The number of unbranched alkanes of at least 4 members (excludes halogenated alkanes) is 54. The summed E-state index contributed by atoms with van der Waals surface area (Å²) in [5.74, 6) is -0.567. The van der Waals surface area contributed by atoms with Gasteiger partial charge in [-0.15, -0.1) is 0 Å². The maximum atomic E-state index is 12.4. The van der Waals surface area contributed by atoms with Gasteiger partial charge < -0.3 is 14.6 Å². The van der Waals surface area contributed by atoms with Gasteiger partial charge in [0.25, 0.3) is 0 Å². The minimum absolute atomic E-state index is 0.0617. The van der Waals surface area contributed by atoms with Gasteiger partial charge in [0.15, 0.2) is 6.10 Å². The van der Waals surface area contributed by atoms with Crippen LogP contribution in [0.5, 0.6) is 0 Å². The molecule has 0 aromatic carbocycles. The summed E-state index contributed by atoms with van der Waals surface area (Å²) in [7, 11) is 0. The molecule has 0 radical (unpaired) electrons. The molecule has 0 rings (SSSR count). The summed E-state index contributed by atoms with van der Waals surface area (Å²) in [5.41, 5.74) is 0. The number of hydrogen-bond donors (Lipinski definition) is 1. The molecule has 0 bridgehead atoms. The molecule has 0 aliphatic rings. The lowest BCUT2D eigenvalue weighted by molar-refractivity contribution is -0.161. The van der Waals surface area contributed by atoms with Gasteiger partial charge in [-0.05, 0) is 96.3 Å². The second-order valence-electron chi connectivity index (χ2n) is 28.2. The second-order valence-corrected chi connectivity index (χ2v) is 28.2. The van der Waals surface area contributed by atoms with Crippen molar-refractivity contribution < 1.29 is 24.2 Å². The molecule has 0 aliphatic heterocycles. The van der Waals surface area contributed by atoms with E-state index >= 15 is 0 Å². The Kier molecular flexibility index (Phi) is 81.2. The third kappa shape index (κ3) is 81.2. The van der Waals surface area contributed by atoms with E-state index in [9.17, 15) is 14.7 Å². The number of esters is 2. The van der Waals surface area contributed by atoms with Gasteiger partial charge in [0.2, 0.25) is 0 Å². The first-order valence-electron chi connectivity index (χ1n) is 41.8. The van der Waals surface area contributed by atoms with Gasteiger partial charge >= 0.3 is 11.9 Å². The third-order valence-electron chi connectivity index (χ3n) is 18.9. The second kappa shape index (κ2) is 84.0. The molecule has 0 saturated heterocycles. The van der Waals surface area contributed by atoms with Crippen molar-refractivity contribution in [2.24, 2.45) is 0 Å². The summed E-state index contributed by atoms with van der Waals surface area (Å²) >= 11 is 0. The Labute approximate surface area is 587 Å². The Balaban J connectivity index is 3.38. The molecule has 5 nitrogen and oxygen atoms in total. The fraction of sp³-hybridized carbons (Fsp3) is 0.798. The smallest absolute Gasteiger partial charge is 0.306 e. The molecule has 0 spiro atoms. The number of hydrogen-bond acceptors (Lipinski definition) is 5. The molecule has 1 unspecified atom stereocenters. The Morgan fingerprint density at radius 1 is 0.255 bits per heavy atom.